The van der Waals surface area contributed by atoms with E-state index < -0.39 is 0 Å². The molecule has 0 saturated carbocycles. The highest BCUT2D eigenvalue weighted by Gasteiger charge is 2.38. The fourth-order valence-electron chi connectivity index (χ4n) is 4.05. The van der Waals surface area contributed by atoms with Crippen molar-refractivity contribution in [2.24, 2.45) is 0 Å². The monoisotopic (exact) mass is 390 g/mol. The molecule has 2 aromatic carbocycles. The Hall–Kier alpha value is -2.33. The number of rotatable bonds is 5. The molecule has 144 valence electrons. The molecule has 1 aromatic heterocycles. The molecular weight excluding hydrogens is 364 g/mol. The van der Waals surface area contributed by atoms with Gasteiger partial charge in [0.05, 0.1) is 16.9 Å². The van der Waals surface area contributed by atoms with E-state index in [-0.39, 0.29) is 11.0 Å². The second-order valence-corrected chi connectivity index (χ2v) is 8.75. The first kappa shape index (κ1) is 19.0. The number of thioether (sulfide) groups is 1. The molecule has 0 radical (unpaired) electrons. The molecule has 0 spiro atoms. The van der Waals surface area contributed by atoms with Crippen LogP contribution in [0.2, 0.25) is 0 Å². The van der Waals surface area contributed by atoms with Crippen LogP contribution in [0.1, 0.15) is 44.7 Å². The minimum atomic E-state index is -0.210. The topological polar surface area (TPSA) is 34.9 Å². The number of hydrogen-bond donors (Lipinski definition) is 0. The minimum absolute atomic E-state index is 0.0775. The van der Waals surface area contributed by atoms with E-state index in [1.807, 2.05) is 41.0 Å². The van der Waals surface area contributed by atoms with Crippen LogP contribution in [0, 0.1) is 0 Å². The third kappa shape index (κ3) is 3.10. The van der Waals surface area contributed by atoms with Gasteiger partial charge in [-0.15, -0.1) is 0 Å². The van der Waals surface area contributed by atoms with Crippen LogP contribution in [0.15, 0.2) is 64.5 Å². The van der Waals surface area contributed by atoms with Gasteiger partial charge >= 0.3 is 0 Å². The van der Waals surface area contributed by atoms with Crippen molar-refractivity contribution in [3.8, 4) is 16.9 Å². The summed E-state index contributed by atoms with van der Waals surface area (Å²) in [5.74, 6) is 0.935. The van der Waals surface area contributed by atoms with E-state index in [0.29, 0.717) is 0 Å². The molecule has 1 heterocycles. The maximum Gasteiger partial charge on any atom is 0.263 e. The van der Waals surface area contributed by atoms with E-state index >= 15 is 0 Å². The summed E-state index contributed by atoms with van der Waals surface area (Å²) in [6.45, 7) is 6.53. The number of nitrogens with zero attached hydrogens (tertiary/aromatic N) is 2. The molecule has 4 heteroatoms. The molecule has 0 saturated heterocycles. The van der Waals surface area contributed by atoms with Gasteiger partial charge in [0.1, 0.15) is 0 Å². The fraction of sp³-hybridized carbons (Fsp3) is 0.333. The van der Waals surface area contributed by atoms with Crippen LogP contribution in [-0.4, -0.2) is 15.3 Å². The average molecular weight is 391 g/mol. The van der Waals surface area contributed by atoms with Crippen LogP contribution in [0.3, 0.4) is 0 Å². The maximum atomic E-state index is 13.9. The van der Waals surface area contributed by atoms with E-state index in [1.165, 1.54) is 5.56 Å². The second-order valence-electron chi connectivity index (χ2n) is 7.69. The Balaban J connectivity index is 2.06. The first-order chi connectivity index (χ1) is 13.6. The lowest BCUT2D eigenvalue weighted by molar-refractivity contribution is 0.435. The van der Waals surface area contributed by atoms with Crippen LogP contribution < -0.4 is 5.56 Å². The predicted molar refractivity (Wildman–Crippen MR) is 118 cm³/mol. The Morgan fingerprint density at radius 2 is 1.79 bits per heavy atom. The second kappa shape index (κ2) is 7.59. The van der Waals surface area contributed by atoms with Gasteiger partial charge in [0.15, 0.2) is 5.16 Å². The van der Waals surface area contributed by atoms with Crippen molar-refractivity contribution in [1.82, 2.24) is 9.55 Å². The molecule has 28 heavy (non-hydrogen) atoms. The smallest absolute Gasteiger partial charge is 0.263 e. The lowest BCUT2D eigenvalue weighted by Gasteiger charge is -2.35. The highest BCUT2D eigenvalue weighted by atomic mass is 32.2. The Bertz CT molecular complexity index is 1060. The molecule has 4 rings (SSSR count). The molecule has 1 atom stereocenters. The van der Waals surface area contributed by atoms with Crippen molar-refractivity contribution in [3.63, 3.8) is 0 Å². The van der Waals surface area contributed by atoms with Crippen LogP contribution in [0.25, 0.3) is 16.9 Å². The summed E-state index contributed by atoms with van der Waals surface area (Å²) in [5.41, 5.74) is 4.89. The van der Waals surface area contributed by atoms with Crippen LogP contribution in [0.5, 0.6) is 0 Å². The zero-order valence-electron chi connectivity index (χ0n) is 16.7. The predicted octanol–water partition coefficient (Wildman–Crippen LogP) is 5.63. The average Bonchev–Trinajstić information content (AvgIpc) is 2.72. The van der Waals surface area contributed by atoms with Crippen LogP contribution in [0.4, 0.5) is 0 Å². The van der Waals surface area contributed by atoms with Gasteiger partial charge in [-0.05, 0) is 37.0 Å². The summed E-state index contributed by atoms with van der Waals surface area (Å²) in [4.78, 5) is 19.0. The Kier molecular flexibility index (Phi) is 5.15. The van der Waals surface area contributed by atoms with E-state index in [1.54, 1.807) is 11.8 Å². The summed E-state index contributed by atoms with van der Waals surface area (Å²) in [6, 6.07) is 18.3. The first-order valence-corrected chi connectivity index (χ1v) is 11.0. The number of benzene rings is 2. The number of fused-ring (bicyclic) bond motifs is 3. The molecule has 0 amide bonds. The molecule has 0 fully saturated rings. The first-order valence-electron chi connectivity index (χ1n) is 10.0. The Morgan fingerprint density at radius 1 is 1.07 bits per heavy atom. The Labute approximate surface area is 170 Å². The van der Waals surface area contributed by atoms with Gasteiger partial charge in [-0.1, -0.05) is 75.0 Å². The van der Waals surface area contributed by atoms with E-state index in [9.17, 15) is 4.79 Å². The normalized spacial score (nSPS) is 17.8. The summed E-state index contributed by atoms with van der Waals surface area (Å²) in [7, 11) is 0. The third-order valence-electron chi connectivity index (χ3n) is 5.74. The summed E-state index contributed by atoms with van der Waals surface area (Å²) < 4.78 is 1.82. The van der Waals surface area contributed by atoms with Gasteiger partial charge in [0.25, 0.3) is 5.56 Å². The van der Waals surface area contributed by atoms with E-state index in [0.717, 1.165) is 52.7 Å². The summed E-state index contributed by atoms with van der Waals surface area (Å²) in [5, 5.41) is 0.784. The summed E-state index contributed by atoms with van der Waals surface area (Å²) >= 11 is 1.66. The highest BCUT2D eigenvalue weighted by molar-refractivity contribution is 7.99. The fourth-order valence-corrected chi connectivity index (χ4v) is 4.91. The van der Waals surface area contributed by atoms with Crippen molar-refractivity contribution < 1.29 is 0 Å². The van der Waals surface area contributed by atoms with Gasteiger partial charge in [0, 0.05) is 16.7 Å². The van der Waals surface area contributed by atoms with Crippen molar-refractivity contribution in [3.05, 3.63) is 76.1 Å². The van der Waals surface area contributed by atoms with Gasteiger partial charge < -0.3 is 0 Å². The molecule has 0 unspecified atom stereocenters. The maximum absolute atomic E-state index is 13.9. The molecule has 0 bridgehead atoms. The lowest BCUT2D eigenvalue weighted by atomic mass is 9.69. The third-order valence-corrected chi connectivity index (χ3v) is 6.88. The van der Waals surface area contributed by atoms with Crippen molar-refractivity contribution in [1.29, 1.82) is 0 Å². The largest absolute Gasteiger partial charge is 0.268 e. The summed E-state index contributed by atoms with van der Waals surface area (Å²) in [6.07, 6.45) is 2.82. The SMILES string of the molecule is CCCSc1nc2c(c(=O)n1-c1ccccc1)[C@@](C)(CC)Cc1ccccc1-2. The van der Waals surface area contributed by atoms with Crippen LogP contribution >= 0.6 is 11.8 Å². The lowest BCUT2D eigenvalue weighted by Crippen LogP contribution is -2.39. The standard InChI is InChI=1S/C24H26N2OS/c1-4-15-28-23-25-21-19-14-10-9-11-17(19)16-24(3,5-2)20(21)22(27)26(23)18-12-7-6-8-13-18/h6-14H,4-5,15-16H2,1-3H3/t24-/m0/s1. The van der Waals surface area contributed by atoms with Gasteiger partial charge in [-0.2, -0.15) is 0 Å². The molecule has 1 aliphatic rings. The van der Waals surface area contributed by atoms with Gasteiger partial charge in [-0.25, -0.2) is 4.98 Å². The number of aromatic nitrogens is 2. The number of para-hydroxylation sites is 1. The van der Waals surface area contributed by atoms with Gasteiger partial charge in [0.2, 0.25) is 0 Å². The van der Waals surface area contributed by atoms with Crippen molar-refractivity contribution >= 4 is 11.8 Å². The van der Waals surface area contributed by atoms with Crippen molar-refractivity contribution in [2.75, 3.05) is 5.75 Å². The van der Waals surface area contributed by atoms with E-state index in [2.05, 4.69) is 39.0 Å². The zero-order valence-corrected chi connectivity index (χ0v) is 17.6. The van der Waals surface area contributed by atoms with E-state index in [4.69, 9.17) is 4.98 Å². The minimum Gasteiger partial charge on any atom is -0.268 e. The molecule has 3 aromatic rings. The molecule has 0 N–H and O–H groups in total. The Morgan fingerprint density at radius 3 is 2.50 bits per heavy atom. The van der Waals surface area contributed by atoms with Gasteiger partial charge in [-0.3, -0.25) is 9.36 Å². The highest BCUT2D eigenvalue weighted by Crippen LogP contribution is 2.43. The molecular formula is C24H26N2OS. The molecule has 1 aliphatic carbocycles. The van der Waals surface area contributed by atoms with Crippen LogP contribution in [-0.2, 0) is 11.8 Å². The molecule has 3 nitrogen and oxygen atoms in total. The van der Waals surface area contributed by atoms with Crippen molar-refractivity contribution in [2.45, 2.75) is 50.6 Å². The quantitative estimate of drug-likeness (QED) is 0.418. The zero-order chi connectivity index (χ0) is 19.7. The number of hydrogen-bond acceptors (Lipinski definition) is 3. The molecule has 0 aliphatic heterocycles.